The van der Waals surface area contributed by atoms with E-state index >= 15 is 0 Å². The molecule has 0 heterocycles. The summed E-state index contributed by atoms with van der Waals surface area (Å²) in [6.07, 6.45) is -9.98. The average molecular weight is 568 g/mol. The molecule has 1 saturated carbocycles. The van der Waals surface area contributed by atoms with E-state index in [1.807, 2.05) is 0 Å². The molecule has 0 aromatic heterocycles. The van der Waals surface area contributed by atoms with Gasteiger partial charge in [-0.05, 0) is 0 Å². The Labute approximate surface area is 209 Å². The highest BCUT2D eigenvalue weighted by atomic mass is 35.5. The van der Waals surface area contributed by atoms with Gasteiger partial charge in [0.25, 0.3) is 5.79 Å². The molecule has 1 fully saturated rings. The Morgan fingerprint density at radius 2 is 0.946 bits per heavy atom. The van der Waals surface area contributed by atoms with Gasteiger partial charge >= 0.3 is 12.2 Å². The van der Waals surface area contributed by atoms with Gasteiger partial charge in [-0.15, -0.1) is 4.90 Å². The molecular weight excluding hydrogens is 542 g/mol. The maximum Gasteiger partial charge on any atom is 0.352 e. The maximum atomic E-state index is 10.8. The first-order chi connectivity index (χ1) is 16.1. The van der Waals surface area contributed by atoms with Crippen LogP contribution in [0.25, 0.3) is 0 Å². The first-order valence-corrected chi connectivity index (χ1v) is 10.1. The number of hydrogen-bond acceptors (Lipinski definition) is 19. The number of hydrogen-bond donors (Lipinski definition) is 18. The third kappa shape index (κ3) is 3.65. The van der Waals surface area contributed by atoms with Crippen molar-refractivity contribution in [3.8, 4) is 23.0 Å². The van der Waals surface area contributed by atoms with Gasteiger partial charge in [-0.25, -0.2) is 0 Å². The Hall–Kier alpha value is -1.89. The number of phenols is 4. The van der Waals surface area contributed by atoms with Crippen LogP contribution in [-0.4, -0.2) is 138 Å². The molecule has 19 nitrogen and oxygen atoms in total. The number of phenolic OH excluding ortho intramolecular Hbond substituents is 4. The van der Waals surface area contributed by atoms with Gasteiger partial charge in [0, 0.05) is 5.92 Å². The Morgan fingerprint density at radius 1 is 0.622 bits per heavy atom. The van der Waals surface area contributed by atoms with E-state index in [2.05, 4.69) is 0 Å². The van der Waals surface area contributed by atoms with Crippen LogP contribution < -0.4 is 0 Å². The molecule has 0 bridgehead atoms. The van der Waals surface area contributed by atoms with Crippen LogP contribution in [0.2, 0.25) is 5.02 Å². The molecule has 18 N–H and O–H groups in total. The Kier molecular flexibility index (Phi) is 7.03. The van der Waals surface area contributed by atoms with Gasteiger partial charge < -0.3 is 91.9 Å². The van der Waals surface area contributed by atoms with Crippen molar-refractivity contribution in [1.29, 1.82) is 0 Å². The van der Waals surface area contributed by atoms with Crippen LogP contribution in [0.15, 0.2) is 0 Å². The first-order valence-electron chi connectivity index (χ1n) is 9.69. The molecule has 0 radical (unpaired) electrons. The number of rotatable bonds is 7. The van der Waals surface area contributed by atoms with E-state index in [1.165, 1.54) is 0 Å². The van der Waals surface area contributed by atoms with Gasteiger partial charge in [0.05, 0.1) is 11.6 Å². The zero-order chi connectivity index (χ0) is 29.7. The molecule has 20 heteroatoms. The Balaban J connectivity index is 3.41. The average Bonchev–Trinajstić information content (AvgIpc) is 2.69. The molecule has 214 valence electrons. The molecule has 1 aromatic carbocycles. The summed E-state index contributed by atoms with van der Waals surface area (Å²) in [6, 6.07) is -3.96. The van der Waals surface area contributed by atoms with E-state index in [-0.39, 0.29) is 0 Å². The van der Waals surface area contributed by atoms with E-state index < -0.39 is 91.2 Å². The fourth-order valence-corrected chi connectivity index (χ4v) is 4.63. The topological polar surface area (TPSA) is 367 Å². The molecule has 1 aliphatic rings. The maximum absolute atomic E-state index is 10.8. The summed E-state index contributed by atoms with van der Waals surface area (Å²) in [5.74, 6) is -28.2. The second-order valence-electron chi connectivity index (χ2n) is 8.82. The molecule has 1 aliphatic carbocycles. The van der Waals surface area contributed by atoms with Crippen molar-refractivity contribution in [3.63, 3.8) is 0 Å². The highest BCUT2D eigenvalue weighted by Gasteiger charge is 2.96. The molecule has 0 amide bonds. The lowest BCUT2D eigenvalue weighted by atomic mass is 9.45. The van der Waals surface area contributed by atoms with Crippen molar-refractivity contribution >= 4 is 11.6 Å². The molecule has 2 rings (SSSR count). The van der Waals surface area contributed by atoms with E-state index in [1.54, 1.807) is 0 Å². The molecule has 1 aromatic rings. The van der Waals surface area contributed by atoms with Crippen molar-refractivity contribution in [1.82, 2.24) is 4.90 Å². The quantitative estimate of drug-likeness (QED) is 0.0825. The van der Waals surface area contributed by atoms with E-state index in [0.29, 0.717) is 0 Å². The first kappa shape index (κ1) is 31.3. The van der Waals surface area contributed by atoms with E-state index in [9.17, 15) is 91.9 Å². The standard InChI is InChI=1S/C17H26ClNO18/c1-3(2)12(24,25)10(19(16(32,33)34)17(35,36)37)11(13(26,27)15(30,31)14(11,28)29)4-6(20)8(22)5(18)9(23)7(4)21/h3,10,20-37H,1-2H3. The summed E-state index contributed by atoms with van der Waals surface area (Å²) < 4.78 is 0. The Morgan fingerprint density at radius 3 is 1.22 bits per heavy atom. The number of halogens is 1. The number of benzene rings is 1. The zero-order valence-corrected chi connectivity index (χ0v) is 19.3. The van der Waals surface area contributed by atoms with Crippen LogP contribution in [0, 0.1) is 5.92 Å². The van der Waals surface area contributed by atoms with Crippen LogP contribution in [0.1, 0.15) is 19.4 Å². The van der Waals surface area contributed by atoms with Crippen molar-refractivity contribution in [2.75, 3.05) is 0 Å². The van der Waals surface area contributed by atoms with Gasteiger partial charge in [-0.3, -0.25) is 0 Å². The van der Waals surface area contributed by atoms with Crippen LogP contribution >= 0.6 is 11.6 Å². The van der Waals surface area contributed by atoms with Crippen LogP contribution in [-0.2, 0) is 5.41 Å². The van der Waals surface area contributed by atoms with Crippen LogP contribution in [0.3, 0.4) is 0 Å². The van der Waals surface area contributed by atoms with Crippen LogP contribution in [0.5, 0.6) is 23.0 Å². The van der Waals surface area contributed by atoms with Gasteiger partial charge in [-0.2, -0.15) is 0 Å². The number of aliphatic hydroxyl groups is 14. The van der Waals surface area contributed by atoms with Crippen molar-refractivity contribution in [3.05, 3.63) is 10.6 Å². The third-order valence-electron chi connectivity index (χ3n) is 6.37. The highest BCUT2D eigenvalue weighted by Crippen LogP contribution is 2.70. The molecule has 0 saturated heterocycles. The largest absolute Gasteiger partial charge is 0.504 e. The molecule has 37 heavy (non-hydrogen) atoms. The lowest BCUT2D eigenvalue weighted by Crippen LogP contribution is -2.99. The van der Waals surface area contributed by atoms with Gasteiger partial charge in [-0.1, -0.05) is 25.4 Å². The van der Waals surface area contributed by atoms with E-state index in [0.717, 1.165) is 13.8 Å². The SMILES string of the molecule is CC(C)C(O)(O)C(N(C(O)(O)O)C(O)(O)O)C1(c2c(O)c(O)c(Cl)c(O)c2O)C(O)(O)C(O)(O)C1(O)O. The predicted molar refractivity (Wildman–Crippen MR) is 108 cm³/mol. The highest BCUT2D eigenvalue weighted by molar-refractivity contribution is 6.34. The molecule has 1 atom stereocenters. The fourth-order valence-electron chi connectivity index (χ4n) is 4.45. The summed E-state index contributed by atoms with van der Waals surface area (Å²) in [6.45, 7) is 1.54. The summed E-state index contributed by atoms with van der Waals surface area (Å²) in [5, 5.41) is 183. The number of aromatic hydroxyl groups is 4. The monoisotopic (exact) mass is 567 g/mol. The molecule has 1 unspecified atom stereocenters. The fraction of sp³-hybridized carbons (Fsp3) is 0.647. The summed E-state index contributed by atoms with van der Waals surface area (Å²) in [7, 11) is 0. The van der Waals surface area contributed by atoms with Crippen LogP contribution in [0.4, 0.5) is 0 Å². The minimum absolute atomic E-state index is 0.771. The van der Waals surface area contributed by atoms with Gasteiger partial charge in [0.15, 0.2) is 28.8 Å². The normalized spacial score (nSPS) is 21.7. The summed E-state index contributed by atoms with van der Waals surface area (Å²) in [4.78, 5) is -1.50. The minimum Gasteiger partial charge on any atom is -0.504 e. The molecule has 0 spiro atoms. The second kappa shape index (κ2) is 8.30. The lowest BCUT2D eigenvalue weighted by molar-refractivity contribution is -0.602. The van der Waals surface area contributed by atoms with Gasteiger partial charge in [0.1, 0.15) is 10.4 Å². The minimum atomic E-state index is -4.99. The predicted octanol–water partition coefficient (Wildman–Crippen LogP) is -7.36. The van der Waals surface area contributed by atoms with Crippen molar-refractivity contribution < 1.29 is 91.9 Å². The van der Waals surface area contributed by atoms with Gasteiger partial charge in [0.2, 0.25) is 11.6 Å². The number of nitrogens with zero attached hydrogens (tertiary/aromatic N) is 1. The van der Waals surface area contributed by atoms with E-state index in [4.69, 9.17) is 11.6 Å². The second-order valence-corrected chi connectivity index (χ2v) is 9.20. The third-order valence-corrected chi connectivity index (χ3v) is 6.73. The Bertz CT molecular complexity index is 1010. The molecule has 0 aliphatic heterocycles. The molecular formula is C17H26ClNO18. The summed E-state index contributed by atoms with van der Waals surface area (Å²) >= 11 is 5.48. The lowest BCUT2D eigenvalue weighted by Gasteiger charge is -2.71. The summed E-state index contributed by atoms with van der Waals surface area (Å²) in [5.41, 5.74) is -6.82. The smallest absolute Gasteiger partial charge is 0.352 e. The zero-order valence-electron chi connectivity index (χ0n) is 18.5. The van der Waals surface area contributed by atoms with Crippen molar-refractivity contribution in [2.45, 2.75) is 60.6 Å². The van der Waals surface area contributed by atoms with Crippen molar-refractivity contribution in [2.24, 2.45) is 5.92 Å².